The molecule has 2 aromatic rings. The number of fused-ring (bicyclic) bond motifs is 1. The predicted molar refractivity (Wildman–Crippen MR) is 88.0 cm³/mol. The van der Waals surface area contributed by atoms with Crippen molar-refractivity contribution in [2.24, 2.45) is 0 Å². The first-order valence-corrected chi connectivity index (χ1v) is 8.57. The lowest BCUT2D eigenvalue weighted by molar-refractivity contribution is -0.135. The molecule has 1 saturated heterocycles. The third kappa shape index (κ3) is 3.81. The summed E-state index contributed by atoms with van der Waals surface area (Å²) in [5, 5.41) is 1.28. The summed E-state index contributed by atoms with van der Waals surface area (Å²) in [7, 11) is 0. The second kappa shape index (κ2) is 7.15. The minimum Gasteiger partial charge on any atom is -0.378 e. The van der Waals surface area contributed by atoms with E-state index in [0.29, 0.717) is 24.9 Å². The lowest BCUT2D eigenvalue weighted by Crippen LogP contribution is -2.40. The molecule has 118 valence electrons. The van der Waals surface area contributed by atoms with Gasteiger partial charge in [-0.1, -0.05) is 30.8 Å². The van der Waals surface area contributed by atoms with Crippen molar-refractivity contribution in [3.8, 4) is 0 Å². The zero-order chi connectivity index (χ0) is 15.4. The van der Waals surface area contributed by atoms with E-state index in [2.05, 4.69) is 16.9 Å². The van der Waals surface area contributed by atoms with Gasteiger partial charge in [-0.05, 0) is 18.6 Å². The highest BCUT2D eigenvalue weighted by molar-refractivity contribution is 7.99. The first kappa shape index (κ1) is 15.4. The molecule has 1 aromatic heterocycles. The van der Waals surface area contributed by atoms with Crippen LogP contribution in [0.3, 0.4) is 0 Å². The van der Waals surface area contributed by atoms with Crippen LogP contribution in [0, 0.1) is 0 Å². The molecule has 2 heterocycles. The fourth-order valence-electron chi connectivity index (χ4n) is 2.53. The van der Waals surface area contributed by atoms with E-state index in [1.165, 1.54) is 0 Å². The second-order valence-corrected chi connectivity index (χ2v) is 6.95. The number of thioether (sulfide) groups is 1. The number of ether oxygens (including phenoxy) is 1. The van der Waals surface area contributed by atoms with Gasteiger partial charge < -0.3 is 14.6 Å². The number of amides is 1. The van der Waals surface area contributed by atoms with E-state index >= 15 is 0 Å². The number of para-hydroxylation sites is 2. The van der Waals surface area contributed by atoms with E-state index in [0.717, 1.165) is 35.7 Å². The van der Waals surface area contributed by atoms with Gasteiger partial charge in [-0.15, -0.1) is 0 Å². The quantitative estimate of drug-likeness (QED) is 0.861. The van der Waals surface area contributed by atoms with Crippen LogP contribution in [0.15, 0.2) is 29.4 Å². The summed E-state index contributed by atoms with van der Waals surface area (Å²) in [6, 6.07) is 8.02. The van der Waals surface area contributed by atoms with Crippen LogP contribution in [0.25, 0.3) is 11.0 Å². The molecule has 1 N–H and O–H groups in total. The van der Waals surface area contributed by atoms with Gasteiger partial charge in [0.25, 0.3) is 0 Å². The Labute approximate surface area is 134 Å². The normalized spacial score (nSPS) is 16.9. The van der Waals surface area contributed by atoms with Crippen molar-refractivity contribution in [2.75, 3.05) is 26.3 Å². The number of nitrogens with one attached hydrogen (secondary N) is 1. The number of rotatable bonds is 5. The molecule has 6 heteroatoms. The average molecular weight is 319 g/mol. The van der Waals surface area contributed by atoms with Gasteiger partial charge in [-0.3, -0.25) is 4.79 Å². The van der Waals surface area contributed by atoms with Gasteiger partial charge in [0.05, 0.1) is 24.2 Å². The minimum absolute atomic E-state index is 0.236. The number of nitrogens with zero attached hydrogens (tertiary/aromatic N) is 2. The zero-order valence-electron chi connectivity index (χ0n) is 12.7. The molecule has 0 aliphatic carbocycles. The third-order valence-corrected chi connectivity index (χ3v) is 4.86. The summed E-state index contributed by atoms with van der Waals surface area (Å²) in [5.74, 6) is 0.236. The lowest BCUT2D eigenvalue weighted by Gasteiger charge is -2.27. The van der Waals surface area contributed by atoms with E-state index in [1.54, 1.807) is 11.8 Å². The van der Waals surface area contributed by atoms with E-state index in [4.69, 9.17) is 4.74 Å². The number of aromatic amines is 1. The van der Waals surface area contributed by atoms with Crippen LogP contribution in [0.5, 0.6) is 0 Å². The molecule has 1 fully saturated rings. The molecule has 1 atom stereocenters. The highest BCUT2D eigenvalue weighted by atomic mass is 32.2. The summed E-state index contributed by atoms with van der Waals surface area (Å²) in [6.07, 6.45) is 1.45. The van der Waals surface area contributed by atoms with Gasteiger partial charge in [0, 0.05) is 24.8 Å². The fourth-order valence-corrected chi connectivity index (χ4v) is 3.47. The first-order valence-electron chi connectivity index (χ1n) is 7.69. The van der Waals surface area contributed by atoms with Crippen molar-refractivity contribution in [3.63, 3.8) is 0 Å². The SMILES string of the molecule is CC(CCC(=O)N1CCOCC1)Sc1nc2ccccc2[nH]1. The highest BCUT2D eigenvalue weighted by Crippen LogP contribution is 2.25. The maximum absolute atomic E-state index is 12.1. The van der Waals surface area contributed by atoms with Crippen molar-refractivity contribution in [2.45, 2.75) is 30.2 Å². The van der Waals surface area contributed by atoms with Gasteiger partial charge >= 0.3 is 0 Å². The molecule has 0 bridgehead atoms. The van der Waals surface area contributed by atoms with Crippen molar-refractivity contribution in [1.29, 1.82) is 0 Å². The Bertz CT molecular complexity index is 604. The number of morpholine rings is 1. The van der Waals surface area contributed by atoms with Gasteiger partial charge in [0.15, 0.2) is 5.16 Å². The molecular formula is C16H21N3O2S. The van der Waals surface area contributed by atoms with Crippen LogP contribution in [-0.2, 0) is 9.53 Å². The molecule has 1 unspecified atom stereocenters. The maximum Gasteiger partial charge on any atom is 0.222 e. The molecular weight excluding hydrogens is 298 g/mol. The maximum atomic E-state index is 12.1. The van der Waals surface area contributed by atoms with Crippen LogP contribution in [0.1, 0.15) is 19.8 Å². The summed E-state index contributed by atoms with van der Waals surface area (Å²) in [4.78, 5) is 21.9. The van der Waals surface area contributed by atoms with E-state index in [-0.39, 0.29) is 5.91 Å². The Kier molecular flexibility index (Phi) is 5.00. The molecule has 0 radical (unpaired) electrons. The number of hydrogen-bond acceptors (Lipinski definition) is 4. The van der Waals surface area contributed by atoms with Crippen molar-refractivity contribution in [3.05, 3.63) is 24.3 Å². The average Bonchev–Trinajstić information content (AvgIpc) is 2.95. The standard InChI is InChI=1S/C16H21N3O2S/c1-12(6-7-15(20)19-8-10-21-11-9-19)22-16-17-13-4-2-3-5-14(13)18-16/h2-5,12H,6-11H2,1H3,(H,17,18). The molecule has 1 aliphatic heterocycles. The van der Waals surface area contributed by atoms with Crippen LogP contribution >= 0.6 is 11.8 Å². The van der Waals surface area contributed by atoms with Gasteiger partial charge in [-0.2, -0.15) is 0 Å². The topological polar surface area (TPSA) is 58.2 Å². The Morgan fingerprint density at radius 2 is 2.18 bits per heavy atom. The molecule has 1 aliphatic rings. The van der Waals surface area contributed by atoms with Gasteiger partial charge in [0.1, 0.15) is 0 Å². The van der Waals surface area contributed by atoms with Gasteiger partial charge in [0.2, 0.25) is 5.91 Å². The number of benzene rings is 1. The second-order valence-electron chi connectivity index (χ2n) is 5.52. The number of imidazole rings is 1. The summed E-state index contributed by atoms with van der Waals surface area (Å²) in [5.41, 5.74) is 2.04. The minimum atomic E-state index is 0.236. The monoisotopic (exact) mass is 319 g/mol. The molecule has 1 aromatic carbocycles. The van der Waals surface area contributed by atoms with E-state index < -0.39 is 0 Å². The van der Waals surface area contributed by atoms with Crippen LogP contribution in [0.2, 0.25) is 0 Å². The van der Waals surface area contributed by atoms with Crippen LogP contribution in [-0.4, -0.2) is 52.3 Å². The Morgan fingerprint density at radius 1 is 1.41 bits per heavy atom. The smallest absolute Gasteiger partial charge is 0.222 e. The summed E-state index contributed by atoms with van der Waals surface area (Å²) >= 11 is 1.70. The third-order valence-electron chi connectivity index (χ3n) is 3.81. The molecule has 0 spiro atoms. The lowest BCUT2D eigenvalue weighted by atomic mass is 10.2. The Balaban J connectivity index is 1.49. The van der Waals surface area contributed by atoms with Crippen molar-refractivity contribution < 1.29 is 9.53 Å². The van der Waals surface area contributed by atoms with E-state index in [1.807, 2.05) is 29.2 Å². The van der Waals surface area contributed by atoms with Crippen molar-refractivity contribution in [1.82, 2.24) is 14.9 Å². The zero-order valence-corrected chi connectivity index (χ0v) is 13.6. The largest absolute Gasteiger partial charge is 0.378 e. The molecule has 1 amide bonds. The van der Waals surface area contributed by atoms with Crippen LogP contribution in [0.4, 0.5) is 0 Å². The summed E-state index contributed by atoms with van der Waals surface area (Å²) < 4.78 is 5.27. The van der Waals surface area contributed by atoms with Gasteiger partial charge in [-0.25, -0.2) is 4.98 Å². The molecule has 0 saturated carbocycles. The molecule has 22 heavy (non-hydrogen) atoms. The number of carbonyl (C=O) groups is 1. The molecule has 5 nitrogen and oxygen atoms in total. The number of hydrogen-bond donors (Lipinski definition) is 1. The highest BCUT2D eigenvalue weighted by Gasteiger charge is 2.18. The number of carbonyl (C=O) groups excluding carboxylic acids is 1. The van der Waals surface area contributed by atoms with E-state index in [9.17, 15) is 4.79 Å². The van der Waals surface area contributed by atoms with Crippen LogP contribution < -0.4 is 0 Å². The number of H-pyrrole nitrogens is 1. The first-order chi connectivity index (χ1) is 10.7. The molecule has 3 rings (SSSR count). The predicted octanol–water partition coefficient (Wildman–Crippen LogP) is 2.68. The van der Waals surface area contributed by atoms with Crippen molar-refractivity contribution >= 4 is 28.7 Å². The Morgan fingerprint density at radius 3 is 2.95 bits per heavy atom. The fraction of sp³-hybridized carbons (Fsp3) is 0.500. The summed E-state index contributed by atoms with van der Waals surface area (Å²) in [6.45, 7) is 4.92. The number of aromatic nitrogens is 2. The Hall–Kier alpha value is -1.53.